The third kappa shape index (κ3) is 6.12. The molecule has 0 unspecified atom stereocenters. The molecule has 0 saturated heterocycles. The maximum absolute atomic E-state index is 12.6. The topological polar surface area (TPSA) is 75.7 Å². The number of rotatable bonds is 7. The van der Waals surface area contributed by atoms with Gasteiger partial charge in [-0.05, 0) is 41.7 Å². The van der Waals surface area contributed by atoms with E-state index in [1.54, 1.807) is 12.1 Å². The van der Waals surface area contributed by atoms with E-state index in [1.165, 1.54) is 18.7 Å². The summed E-state index contributed by atoms with van der Waals surface area (Å²) in [5.41, 5.74) is 2.47. The average molecular weight is 453 g/mol. The van der Waals surface area contributed by atoms with E-state index in [1.807, 2.05) is 31.2 Å². The Labute approximate surface area is 184 Å². The van der Waals surface area contributed by atoms with Crippen molar-refractivity contribution in [2.24, 2.45) is 0 Å². The van der Waals surface area contributed by atoms with Crippen molar-refractivity contribution in [2.45, 2.75) is 39.2 Å². The molecule has 0 heterocycles. The molecule has 0 saturated carbocycles. The molecule has 2 rings (SSSR count). The Morgan fingerprint density at radius 2 is 1.77 bits per heavy atom. The number of benzene rings is 2. The number of halogens is 1. The molecule has 0 fully saturated rings. The molecule has 1 amide bonds. The van der Waals surface area contributed by atoms with Crippen LogP contribution in [0.5, 0.6) is 5.75 Å². The highest BCUT2D eigenvalue weighted by atomic mass is 35.5. The fourth-order valence-electron chi connectivity index (χ4n) is 2.98. The molecule has 1 atom stereocenters. The summed E-state index contributed by atoms with van der Waals surface area (Å²) in [6.07, 6.45) is 1.05. The second kappa shape index (κ2) is 9.27. The number of methoxy groups -OCH3 is 1. The predicted molar refractivity (Wildman–Crippen MR) is 122 cm³/mol. The standard InChI is InChI=1S/C22H29ClN2O4S/c1-15(16-7-9-17(10-8-16)22(2,3)4)24-21(26)14-25(30(6,27)28)18-11-12-20(29-5)19(23)13-18/h7-13,15H,14H2,1-6H3,(H,24,26)/t15-/m0/s1. The number of nitrogens with zero attached hydrogens (tertiary/aromatic N) is 1. The molecule has 0 aliphatic rings. The molecule has 0 spiro atoms. The first kappa shape index (κ1) is 24.0. The van der Waals surface area contributed by atoms with E-state index in [-0.39, 0.29) is 23.0 Å². The molecular weight excluding hydrogens is 424 g/mol. The average Bonchev–Trinajstić information content (AvgIpc) is 2.64. The van der Waals surface area contributed by atoms with Crippen LogP contribution < -0.4 is 14.4 Å². The molecular formula is C22H29ClN2O4S. The highest BCUT2D eigenvalue weighted by Crippen LogP contribution is 2.30. The van der Waals surface area contributed by atoms with Gasteiger partial charge in [-0.2, -0.15) is 0 Å². The van der Waals surface area contributed by atoms with Crippen LogP contribution in [0.25, 0.3) is 0 Å². The first-order valence-electron chi connectivity index (χ1n) is 9.54. The normalized spacial score (nSPS) is 12.9. The maximum atomic E-state index is 12.6. The monoisotopic (exact) mass is 452 g/mol. The number of carbonyl (C=O) groups excluding carboxylic acids is 1. The van der Waals surface area contributed by atoms with Gasteiger partial charge in [-0.25, -0.2) is 8.42 Å². The minimum atomic E-state index is -3.70. The van der Waals surface area contributed by atoms with Crippen LogP contribution in [0.2, 0.25) is 5.02 Å². The first-order chi connectivity index (χ1) is 13.8. The van der Waals surface area contributed by atoms with Crippen molar-refractivity contribution < 1.29 is 17.9 Å². The van der Waals surface area contributed by atoms with E-state index in [9.17, 15) is 13.2 Å². The molecule has 8 heteroatoms. The zero-order valence-electron chi connectivity index (χ0n) is 18.2. The molecule has 2 aromatic carbocycles. The third-order valence-corrected chi connectivity index (χ3v) is 6.20. The number of sulfonamides is 1. The lowest BCUT2D eigenvalue weighted by Crippen LogP contribution is -2.41. The summed E-state index contributed by atoms with van der Waals surface area (Å²) >= 11 is 6.12. The van der Waals surface area contributed by atoms with Crippen molar-refractivity contribution in [1.82, 2.24) is 5.32 Å². The van der Waals surface area contributed by atoms with Crippen molar-refractivity contribution in [1.29, 1.82) is 0 Å². The number of anilines is 1. The molecule has 30 heavy (non-hydrogen) atoms. The van der Waals surface area contributed by atoms with E-state index < -0.39 is 15.9 Å². The first-order valence-corrected chi connectivity index (χ1v) is 11.8. The lowest BCUT2D eigenvalue weighted by atomic mass is 9.86. The van der Waals surface area contributed by atoms with E-state index >= 15 is 0 Å². The number of nitrogens with one attached hydrogen (secondary N) is 1. The van der Waals surface area contributed by atoms with Crippen LogP contribution in [0.1, 0.15) is 44.9 Å². The molecule has 0 bridgehead atoms. The van der Waals surface area contributed by atoms with Crippen molar-refractivity contribution in [2.75, 3.05) is 24.2 Å². The summed E-state index contributed by atoms with van der Waals surface area (Å²) in [6.45, 7) is 7.92. The van der Waals surface area contributed by atoms with Crippen LogP contribution in [-0.4, -0.2) is 34.2 Å². The van der Waals surface area contributed by atoms with Crippen LogP contribution in [0.3, 0.4) is 0 Å². The van der Waals surface area contributed by atoms with Gasteiger partial charge in [0.2, 0.25) is 15.9 Å². The van der Waals surface area contributed by atoms with Gasteiger partial charge in [0, 0.05) is 0 Å². The predicted octanol–water partition coefficient (Wildman–Crippen LogP) is 4.29. The number of hydrogen-bond donors (Lipinski definition) is 1. The van der Waals surface area contributed by atoms with Crippen LogP contribution in [0.15, 0.2) is 42.5 Å². The van der Waals surface area contributed by atoms with Crippen LogP contribution >= 0.6 is 11.6 Å². The van der Waals surface area contributed by atoms with Crippen LogP contribution in [0, 0.1) is 0 Å². The minimum absolute atomic E-state index is 0.0423. The largest absolute Gasteiger partial charge is 0.495 e. The zero-order valence-corrected chi connectivity index (χ0v) is 19.8. The summed E-state index contributed by atoms with van der Waals surface area (Å²) in [4.78, 5) is 12.6. The van der Waals surface area contributed by atoms with E-state index in [2.05, 4.69) is 26.1 Å². The zero-order chi connectivity index (χ0) is 22.7. The van der Waals surface area contributed by atoms with Gasteiger partial charge in [-0.15, -0.1) is 0 Å². The number of hydrogen-bond acceptors (Lipinski definition) is 4. The Balaban J connectivity index is 2.15. The highest BCUT2D eigenvalue weighted by molar-refractivity contribution is 7.92. The van der Waals surface area contributed by atoms with Gasteiger partial charge >= 0.3 is 0 Å². The van der Waals surface area contributed by atoms with Gasteiger partial charge in [0.15, 0.2) is 0 Å². The summed E-state index contributed by atoms with van der Waals surface area (Å²) in [5.74, 6) is 0.00501. The molecule has 1 N–H and O–H groups in total. The number of amides is 1. The Kier molecular flexibility index (Phi) is 7.42. The molecule has 164 valence electrons. The molecule has 2 aromatic rings. The van der Waals surface area contributed by atoms with Crippen molar-refractivity contribution in [3.05, 3.63) is 58.6 Å². The van der Waals surface area contributed by atoms with Gasteiger partial charge < -0.3 is 10.1 Å². The maximum Gasteiger partial charge on any atom is 0.241 e. The summed E-state index contributed by atoms with van der Waals surface area (Å²) < 4.78 is 30.7. The molecule has 0 radical (unpaired) electrons. The van der Waals surface area contributed by atoms with Crippen LogP contribution in [-0.2, 0) is 20.2 Å². The van der Waals surface area contributed by atoms with E-state index in [4.69, 9.17) is 16.3 Å². The smallest absolute Gasteiger partial charge is 0.241 e. The van der Waals surface area contributed by atoms with Gasteiger partial charge in [-0.1, -0.05) is 56.6 Å². The molecule has 0 aromatic heterocycles. The van der Waals surface area contributed by atoms with E-state index in [0.717, 1.165) is 16.1 Å². The summed E-state index contributed by atoms with van der Waals surface area (Å²) in [7, 11) is -2.23. The number of carbonyl (C=O) groups is 1. The molecule has 0 aliphatic carbocycles. The van der Waals surface area contributed by atoms with Crippen LogP contribution in [0.4, 0.5) is 5.69 Å². The lowest BCUT2D eigenvalue weighted by molar-refractivity contribution is -0.120. The Hall–Kier alpha value is -2.25. The molecule has 0 aliphatic heterocycles. The van der Waals surface area contributed by atoms with E-state index in [0.29, 0.717) is 11.4 Å². The quantitative estimate of drug-likeness (QED) is 0.679. The second-order valence-electron chi connectivity index (χ2n) is 8.25. The van der Waals surface area contributed by atoms with Gasteiger partial charge in [0.1, 0.15) is 12.3 Å². The lowest BCUT2D eigenvalue weighted by Gasteiger charge is -2.24. The fraction of sp³-hybridized carbons (Fsp3) is 0.409. The highest BCUT2D eigenvalue weighted by Gasteiger charge is 2.23. The minimum Gasteiger partial charge on any atom is -0.495 e. The second-order valence-corrected chi connectivity index (χ2v) is 10.6. The van der Waals surface area contributed by atoms with Crippen molar-refractivity contribution in [3.8, 4) is 5.75 Å². The van der Waals surface area contributed by atoms with Gasteiger partial charge in [0.05, 0.1) is 30.1 Å². The summed E-state index contributed by atoms with van der Waals surface area (Å²) in [6, 6.07) is 12.3. The van der Waals surface area contributed by atoms with Gasteiger partial charge in [0.25, 0.3) is 0 Å². The Bertz CT molecular complexity index is 999. The number of ether oxygens (including phenoxy) is 1. The Morgan fingerprint density at radius 3 is 2.23 bits per heavy atom. The fourth-order valence-corrected chi connectivity index (χ4v) is 4.08. The van der Waals surface area contributed by atoms with Crippen molar-refractivity contribution in [3.63, 3.8) is 0 Å². The third-order valence-electron chi connectivity index (χ3n) is 4.77. The van der Waals surface area contributed by atoms with Gasteiger partial charge in [-0.3, -0.25) is 9.10 Å². The molecule has 6 nitrogen and oxygen atoms in total. The SMILES string of the molecule is COc1ccc(N(CC(=O)N[C@@H](C)c2ccc(C(C)(C)C)cc2)S(C)(=O)=O)cc1Cl. The summed E-state index contributed by atoms with van der Waals surface area (Å²) in [5, 5.41) is 3.12. The Morgan fingerprint density at radius 1 is 1.17 bits per heavy atom. The van der Waals surface area contributed by atoms with Crippen molar-refractivity contribution >= 4 is 33.2 Å².